The summed E-state index contributed by atoms with van der Waals surface area (Å²) in [7, 11) is 0. The van der Waals surface area contributed by atoms with E-state index >= 15 is 0 Å². The van der Waals surface area contributed by atoms with Gasteiger partial charge in [-0.15, -0.1) is 0 Å². The van der Waals surface area contributed by atoms with E-state index in [9.17, 15) is 19.3 Å². The Balaban J connectivity index is 2.71. The van der Waals surface area contributed by atoms with Crippen molar-refractivity contribution in [1.82, 2.24) is 5.43 Å². The second kappa shape index (κ2) is 6.64. The first kappa shape index (κ1) is 14.8. The molecular formula is C11H14FN3O4. The van der Waals surface area contributed by atoms with Gasteiger partial charge in [0.1, 0.15) is 5.82 Å². The molecule has 0 aliphatic carbocycles. The smallest absolute Gasteiger partial charge is 0.313 e. The molecule has 7 nitrogen and oxygen atoms in total. The molecule has 0 heterocycles. The van der Waals surface area contributed by atoms with Crippen LogP contribution in [0.4, 0.5) is 10.1 Å². The van der Waals surface area contributed by atoms with Crippen LogP contribution in [-0.4, -0.2) is 16.9 Å². The quantitative estimate of drug-likeness (QED) is 0.350. The minimum Gasteiger partial charge on any atom is -0.484 e. The summed E-state index contributed by atoms with van der Waals surface area (Å²) in [5, 5.41) is 10.7. The highest BCUT2D eigenvalue weighted by atomic mass is 19.1. The first-order chi connectivity index (χ1) is 8.93. The standard InChI is InChI=1S/C11H14FN3O4/c1-7(2-5-11(16)14-13)19-10-4-3-8(12)6-9(10)15(17)18/h3-4,6-7H,2,5,13H2,1H3,(H,14,16). The molecule has 1 amide bonds. The van der Waals surface area contributed by atoms with Gasteiger partial charge in [-0.05, 0) is 25.5 Å². The molecule has 19 heavy (non-hydrogen) atoms. The van der Waals surface area contributed by atoms with Gasteiger partial charge in [0, 0.05) is 6.42 Å². The van der Waals surface area contributed by atoms with Crippen LogP contribution in [0.5, 0.6) is 5.75 Å². The molecule has 0 bridgehead atoms. The highest BCUT2D eigenvalue weighted by Gasteiger charge is 2.18. The summed E-state index contributed by atoms with van der Waals surface area (Å²) in [4.78, 5) is 21.0. The predicted molar refractivity (Wildman–Crippen MR) is 64.7 cm³/mol. The van der Waals surface area contributed by atoms with Crippen LogP contribution in [0.1, 0.15) is 19.8 Å². The summed E-state index contributed by atoms with van der Waals surface area (Å²) < 4.78 is 18.2. The molecule has 1 atom stereocenters. The molecule has 0 saturated carbocycles. The van der Waals surface area contributed by atoms with Crippen LogP contribution >= 0.6 is 0 Å². The van der Waals surface area contributed by atoms with E-state index in [2.05, 4.69) is 0 Å². The van der Waals surface area contributed by atoms with Crippen LogP contribution in [-0.2, 0) is 4.79 Å². The molecular weight excluding hydrogens is 257 g/mol. The zero-order valence-electron chi connectivity index (χ0n) is 10.3. The lowest BCUT2D eigenvalue weighted by molar-refractivity contribution is -0.386. The van der Waals surface area contributed by atoms with E-state index < -0.39 is 22.5 Å². The lowest BCUT2D eigenvalue weighted by Crippen LogP contribution is -2.30. The highest BCUT2D eigenvalue weighted by Crippen LogP contribution is 2.28. The molecule has 0 aliphatic rings. The molecule has 0 saturated heterocycles. The lowest BCUT2D eigenvalue weighted by Gasteiger charge is -2.14. The van der Waals surface area contributed by atoms with Gasteiger partial charge in [0.2, 0.25) is 5.91 Å². The summed E-state index contributed by atoms with van der Waals surface area (Å²) >= 11 is 0. The number of halogens is 1. The Morgan fingerprint density at radius 3 is 2.89 bits per heavy atom. The lowest BCUT2D eigenvalue weighted by atomic mass is 10.2. The van der Waals surface area contributed by atoms with E-state index in [1.54, 1.807) is 6.92 Å². The van der Waals surface area contributed by atoms with Crippen LogP contribution in [0, 0.1) is 15.9 Å². The number of amides is 1. The van der Waals surface area contributed by atoms with E-state index in [4.69, 9.17) is 10.6 Å². The Kier molecular flexibility index (Phi) is 5.19. The fraction of sp³-hybridized carbons (Fsp3) is 0.364. The van der Waals surface area contributed by atoms with Gasteiger partial charge < -0.3 is 4.74 Å². The molecule has 8 heteroatoms. The molecule has 3 N–H and O–H groups in total. The maximum Gasteiger partial charge on any atom is 0.313 e. The molecule has 1 aromatic rings. The monoisotopic (exact) mass is 271 g/mol. The molecule has 104 valence electrons. The normalized spacial score (nSPS) is 11.7. The maximum absolute atomic E-state index is 12.9. The van der Waals surface area contributed by atoms with Crippen molar-refractivity contribution in [3.05, 3.63) is 34.1 Å². The van der Waals surface area contributed by atoms with E-state index in [0.717, 1.165) is 12.1 Å². The van der Waals surface area contributed by atoms with Crippen LogP contribution < -0.4 is 16.0 Å². The molecule has 0 spiro atoms. The molecule has 1 aromatic carbocycles. The number of carbonyl (C=O) groups excluding carboxylic acids is 1. The van der Waals surface area contributed by atoms with Crippen LogP contribution in [0.25, 0.3) is 0 Å². The third-order valence-electron chi connectivity index (χ3n) is 2.38. The van der Waals surface area contributed by atoms with Gasteiger partial charge in [0.15, 0.2) is 5.75 Å². The summed E-state index contributed by atoms with van der Waals surface area (Å²) in [5.41, 5.74) is 1.52. The minimum atomic E-state index is -0.724. The molecule has 0 aromatic heterocycles. The Hall–Kier alpha value is -2.22. The number of nitrogens with one attached hydrogen (secondary N) is 1. The Bertz CT molecular complexity index is 481. The number of nitrogens with two attached hydrogens (primary N) is 1. The molecule has 1 rings (SSSR count). The zero-order valence-corrected chi connectivity index (χ0v) is 10.3. The summed E-state index contributed by atoms with van der Waals surface area (Å²) in [6, 6.07) is 3.04. The van der Waals surface area contributed by atoms with Crippen molar-refractivity contribution in [1.29, 1.82) is 0 Å². The first-order valence-corrected chi connectivity index (χ1v) is 5.54. The van der Waals surface area contributed by atoms with Crippen molar-refractivity contribution >= 4 is 11.6 Å². The summed E-state index contributed by atoms with van der Waals surface area (Å²) in [5.74, 6) is 3.81. The Labute approximate surface area is 108 Å². The van der Waals surface area contributed by atoms with E-state index in [-0.39, 0.29) is 18.1 Å². The topological polar surface area (TPSA) is 107 Å². The van der Waals surface area contributed by atoms with Crippen molar-refractivity contribution < 1.29 is 18.8 Å². The summed E-state index contributed by atoms with van der Waals surface area (Å²) in [6.07, 6.45) is 0.0194. The summed E-state index contributed by atoms with van der Waals surface area (Å²) in [6.45, 7) is 1.65. The number of hydrogen-bond acceptors (Lipinski definition) is 5. The molecule has 1 unspecified atom stereocenters. The number of ether oxygens (including phenoxy) is 1. The van der Waals surface area contributed by atoms with Gasteiger partial charge in [-0.1, -0.05) is 0 Å². The van der Waals surface area contributed by atoms with Crippen LogP contribution in [0.3, 0.4) is 0 Å². The second-order valence-corrected chi connectivity index (χ2v) is 3.90. The number of carbonyl (C=O) groups is 1. The first-order valence-electron chi connectivity index (χ1n) is 5.54. The van der Waals surface area contributed by atoms with E-state index in [1.165, 1.54) is 6.07 Å². The van der Waals surface area contributed by atoms with Gasteiger partial charge in [-0.3, -0.25) is 20.3 Å². The van der Waals surface area contributed by atoms with Gasteiger partial charge >= 0.3 is 5.69 Å². The fourth-order valence-electron chi connectivity index (χ4n) is 1.42. The van der Waals surface area contributed by atoms with E-state index in [0.29, 0.717) is 6.42 Å². The van der Waals surface area contributed by atoms with Crippen molar-refractivity contribution in [3.8, 4) is 5.75 Å². The average Bonchev–Trinajstić information content (AvgIpc) is 2.37. The average molecular weight is 271 g/mol. The van der Waals surface area contributed by atoms with E-state index in [1.807, 2.05) is 5.43 Å². The molecule has 0 fully saturated rings. The number of nitro groups is 1. The number of benzene rings is 1. The van der Waals surface area contributed by atoms with Gasteiger partial charge in [0.25, 0.3) is 0 Å². The number of nitrogens with zero attached hydrogens (tertiary/aromatic N) is 1. The van der Waals surface area contributed by atoms with Crippen LogP contribution in [0.15, 0.2) is 18.2 Å². The largest absolute Gasteiger partial charge is 0.484 e. The molecule has 0 radical (unpaired) electrons. The van der Waals surface area contributed by atoms with Crippen molar-refractivity contribution in [2.45, 2.75) is 25.9 Å². The minimum absolute atomic E-state index is 0.0351. The SMILES string of the molecule is CC(CCC(=O)NN)Oc1ccc(F)cc1[N+](=O)[O-]. The van der Waals surface area contributed by atoms with Gasteiger partial charge in [-0.2, -0.15) is 0 Å². The number of hydrazine groups is 1. The number of hydrogen-bond donors (Lipinski definition) is 2. The number of nitro benzene ring substituents is 1. The third kappa shape index (κ3) is 4.51. The molecule has 0 aliphatic heterocycles. The maximum atomic E-state index is 12.9. The Morgan fingerprint density at radius 1 is 1.63 bits per heavy atom. The van der Waals surface area contributed by atoms with Crippen molar-refractivity contribution in [2.75, 3.05) is 0 Å². The second-order valence-electron chi connectivity index (χ2n) is 3.90. The van der Waals surface area contributed by atoms with Gasteiger partial charge in [0.05, 0.1) is 17.1 Å². The van der Waals surface area contributed by atoms with Crippen LogP contribution in [0.2, 0.25) is 0 Å². The Morgan fingerprint density at radius 2 is 2.32 bits per heavy atom. The van der Waals surface area contributed by atoms with Crippen molar-refractivity contribution in [2.24, 2.45) is 5.84 Å². The number of rotatable bonds is 6. The fourth-order valence-corrected chi connectivity index (χ4v) is 1.42. The predicted octanol–water partition coefficient (Wildman–Crippen LogP) is 1.27. The van der Waals surface area contributed by atoms with Gasteiger partial charge in [-0.25, -0.2) is 10.2 Å². The zero-order chi connectivity index (χ0) is 14.4. The highest BCUT2D eigenvalue weighted by molar-refractivity contribution is 5.75. The van der Waals surface area contributed by atoms with Crippen molar-refractivity contribution in [3.63, 3.8) is 0 Å². The third-order valence-corrected chi connectivity index (χ3v) is 2.38.